The SMILES string of the molecule is CC(C)N1CCN(C(=O)n2cc3c(=O)n(-c4ccc(Cl)cc4)nc-3c3cc(F)ccc32)CC1. The van der Waals surface area contributed by atoms with Crippen molar-refractivity contribution in [3.05, 3.63) is 69.9 Å². The van der Waals surface area contributed by atoms with Gasteiger partial charge in [0.25, 0.3) is 5.56 Å². The topological polar surface area (TPSA) is 63.4 Å². The molecule has 2 aromatic carbocycles. The molecular formula is C24H23ClFN5O2. The maximum absolute atomic E-state index is 14.2. The molecule has 7 nitrogen and oxygen atoms in total. The van der Waals surface area contributed by atoms with Crippen molar-refractivity contribution >= 4 is 28.5 Å². The van der Waals surface area contributed by atoms with Crippen LogP contribution in [-0.4, -0.2) is 62.4 Å². The third-order valence-corrected chi connectivity index (χ3v) is 6.45. The largest absolute Gasteiger partial charge is 0.328 e. The molecule has 3 aliphatic rings. The van der Waals surface area contributed by atoms with Crippen LogP contribution in [0.15, 0.2) is 53.5 Å². The molecule has 33 heavy (non-hydrogen) atoms. The number of piperazine rings is 1. The maximum atomic E-state index is 14.2. The quantitative estimate of drug-likeness (QED) is 0.445. The van der Waals surface area contributed by atoms with Gasteiger partial charge in [0, 0.05) is 48.8 Å². The number of carbonyl (C=O) groups is 1. The normalized spacial score (nSPS) is 15.1. The Balaban J connectivity index is 1.64. The smallest absolute Gasteiger partial charge is 0.321 e. The number of benzene rings is 2. The van der Waals surface area contributed by atoms with Gasteiger partial charge >= 0.3 is 6.03 Å². The molecule has 0 aliphatic carbocycles. The lowest BCUT2D eigenvalue weighted by molar-refractivity contribution is 0.120. The van der Waals surface area contributed by atoms with E-state index < -0.39 is 5.82 Å². The zero-order valence-corrected chi connectivity index (χ0v) is 19.1. The van der Waals surface area contributed by atoms with Gasteiger partial charge in [0.05, 0.1) is 16.8 Å². The highest BCUT2D eigenvalue weighted by Gasteiger charge is 2.27. The molecule has 0 unspecified atom stereocenters. The summed E-state index contributed by atoms with van der Waals surface area (Å²) in [6, 6.07) is 11.1. The second-order valence-corrected chi connectivity index (χ2v) is 8.95. The Hall–Kier alpha value is -3.23. The summed E-state index contributed by atoms with van der Waals surface area (Å²) in [5.41, 5.74) is 1.24. The number of halogens is 2. The number of amides is 1. The van der Waals surface area contributed by atoms with E-state index in [1.54, 1.807) is 35.2 Å². The number of carbonyl (C=O) groups excluding carboxylic acids is 1. The van der Waals surface area contributed by atoms with Crippen molar-refractivity contribution in [2.75, 3.05) is 26.2 Å². The van der Waals surface area contributed by atoms with Gasteiger partial charge in [0.2, 0.25) is 0 Å². The van der Waals surface area contributed by atoms with E-state index in [0.29, 0.717) is 46.4 Å². The van der Waals surface area contributed by atoms with Crippen LogP contribution in [0.4, 0.5) is 9.18 Å². The highest BCUT2D eigenvalue weighted by atomic mass is 35.5. The first kappa shape index (κ1) is 21.6. The summed E-state index contributed by atoms with van der Waals surface area (Å²) in [5, 5.41) is 5.42. The van der Waals surface area contributed by atoms with Crippen LogP contribution in [0.25, 0.3) is 27.8 Å². The van der Waals surface area contributed by atoms with Crippen molar-refractivity contribution < 1.29 is 9.18 Å². The zero-order valence-electron chi connectivity index (χ0n) is 18.3. The number of nitrogens with zero attached hydrogens (tertiary/aromatic N) is 5. The number of fused-ring (bicyclic) bond motifs is 3. The summed E-state index contributed by atoms with van der Waals surface area (Å²) >= 11 is 5.97. The lowest BCUT2D eigenvalue weighted by atomic mass is 10.1. The minimum Gasteiger partial charge on any atom is -0.321 e. The summed E-state index contributed by atoms with van der Waals surface area (Å²) in [6.07, 6.45) is 1.52. The van der Waals surface area contributed by atoms with Gasteiger partial charge in [0.1, 0.15) is 11.5 Å². The molecule has 3 heterocycles. The fourth-order valence-corrected chi connectivity index (χ4v) is 4.46. The fraction of sp³-hybridized carbons (Fsp3) is 0.292. The van der Waals surface area contributed by atoms with Crippen molar-refractivity contribution in [1.82, 2.24) is 24.1 Å². The summed E-state index contributed by atoms with van der Waals surface area (Å²) in [6.45, 7) is 6.99. The van der Waals surface area contributed by atoms with Crippen LogP contribution in [0.1, 0.15) is 13.8 Å². The van der Waals surface area contributed by atoms with Gasteiger partial charge in [-0.1, -0.05) is 11.6 Å². The first-order chi connectivity index (χ1) is 15.8. The minimum atomic E-state index is -0.465. The predicted octanol–water partition coefficient (Wildman–Crippen LogP) is 4.08. The molecule has 9 heteroatoms. The molecule has 0 saturated carbocycles. The van der Waals surface area contributed by atoms with Crippen LogP contribution in [0.5, 0.6) is 0 Å². The van der Waals surface area contributed by atoms with Gasteiger partial charge in [-0.3, -0.25) is 14.3 Å². The van der Waals surface area contributed by atoms with E-state index in [4.69, 9.17) is 11.6 Å². The van der Waals surface area contributed by atoms with Gasteiger partial charge in [-0.05, 0) is 56.3 Å². The van der Waals surface area contributed by atoms with Crippen molar-refractivity contribution in [3.63, 3.8) is 0 Å². The molecule has 0 atom stereocenters. The maximum Gasteiger partial charge on any atom is 0.328 e. The van der Waals surface area contributed by atoms with E-state index in [-0.39, 0.29) is 17.2 Å². The van der Waals surface area contributed by atoms with E-state index in [1.807, 2.05) is 0 Å². The molecular weight excluding hydrogens is 445 g/mol. The molecule has 0 bridgehead atoms. The molecule has 1 saturated heterocycles. The van der Waals surface area contributed by atoms with Crippen molar-refractivity contribution in [2.45, 2.75) is 19.9 Å². The van der Waals surface area contributed by atoms with Crippen LogP contribution >= 0.6 is 11.6 Å². The average Bonchev–Trinajstić information content (AvgIpc) is 3.15. The second kappa shape index (κ2) is 8.28. The van der Waals surface area contributed by atoms with Gasteiger partial charge in [-0.25, -0.2) is 9.18 Å². The summed E-state index contributed by atoms with van der Waals surface area (Å²) in [7, 11) is 0. The third kappa shape index (κ3) is 3.79. The number of aromatic nitrogens is 3. The molecule has 1 fully saturated rings. The Morgan fingerprint density at radius 1 is 1.06 bits per heavy atom. The molecule has 0 N–H and O–H groups in total. The van der Waals surface area contributed by atoms with Crippen molar-refractivity contribution in [3.8, 4) is 16.9 Å². The highest BCUT2D eigenvalue weighted by molar-refractivity contribution is 6.30. The highest BCUT2D eigenvalue weighted by Crippen LogP contribution is 2.29. The van der Waals surface area contributed by atoms with Crippen molar-refractivity contribution in [1.29, 1.82) is 0 Å². The zero-order chi connectivity index (χ0) is 23.3. The monoisotopic (exact) mass is 467 g/mol. The standard InChI is InChI=1S/C24H23ClFN5O2/c1-15(2)28-9-11-29(12-10-28)24(33)30-14-20-22(19-13-17(26)5-8-21(19)30)27-31(23(20)32)18-6-3-16(25)4-7-18/h3-8,13-15H,9-12H2,1-2H3. The minimum absolute atomic E-state index is 0.240. The molecule has 5 rings (SSSR count). The number of hydrogen-bond donors (Lipinski definition) is 0. The molecule has 0 spiro atoms. The molecule has 0 aromatic heterocycles. The van der Waals surface area contributed by atoms with Gasteiger partial charge < -0.3 is 4.90 Å². The molecule has 2 aromatic rings. The van der Waals surface area contributed by atoms with Crippen LogP contribution in [0.2, 0.25) is 5.02 Å². The number of pyridine rings is 1. The Kier molecular flexibility index (Phi) is 5.42. The number of rotatable bonds is 2. The van der Waals surface area contributed by atoms with Gasteiger partial charge in [0.15, 0.2) is 0 Å². The second-order valence-electron chi connectivity index (χ2n) is 8.52. The molecule has 3 aliphatic heterocycles. The lowest BCUT2D eigenvalue weighted by Crippen LogP contribution is -2.51. The summed E-state index contributed by atoms with van der Waals surface area (Å²) < 4.78 is 16.9. The van der Waals surface area contributed by atoms with E-state index >= 15 is 0 Å². The van der Waals surface area contributed by atoms with Gasteiger partial charge in [-0.2, -0.15) is 9.78 Å². The number of hydrogen-bond acceptors (Lipinski definition) is 4. The Labute approximate surface area is 194 Å². The third-order valence-electron chi connectivity index (χ3n) is 6.20. The average molecular weight is 468 g/mol. The lowest BCUT2D eigenvalue weighted by Gasteiger charge is -2.37. The van der Waals surface area contributed by atoms with E-state index in [0.717, 1.165) is 13.1 Å². The van der Waals surface area contributed by atoms with E-state index in [9.17, 15) is 14.0 Å². The summed E-state index contributed by atoms with van der Waals surface area (Å²) in [5.74, 6) is -0.465. The van der Waals surface area contributed by atoms with Crippen LogP contribution in [0, 0.1) is 5.82 Å². The predicted molar refractivity (Wildman–Crippen MR) is 126 cm³/mol. The Morgan fingerprint density at radius 2 is 1.76 bits per heavy atom. The first-order valence-corrected chi connectivity index (χ1v) is 11.2. The molecule has 0 radical (unpaired) electrons. The molecule has 1 amide bonds. The van der Waals surface area contributed by atoms with E-state index in [1.165, 1.54) is 27.6 Å². The van der Waals surface area contributed by atoms with Crippen LogP contribution in [0.3, 0.4) is 0 Å². The van der Waals surface area contributed by atoms with E-state index in [2.05, 4.69) is 23.8 Å². The molecule has 170 valence electrons. The first-order valence-electron chi connectivity index (χ1n) is 10.9. The Morgan fingerprint density at radius 3 is 2.42 bits per heavy atom. The van der Waals surface area contributed by atoms with Crippen molar-refractivity contribution in [2.24, 2.45) is 0 Å². The fourth-order valence-electron chi connectivity index (χ4n) is 4.33. The Bertz CT molecular complexity index is 1370. The van der Waals surface area contributed by atoms with Crippen LogP contribution in [-0.2, 0) is 0 Å². The van der Waals surface area contributed by atoms with Gasteiger partial charge in [-0.15, -0.1) is 0 Å². The van der Waals surface area contributed by atoms with Crippen LogP contribution < -0.4 is 5.56 Å². The summed E-state index contributed by atoms with van der Waals surface area (Å²) in [4.78, 5) is 30.8.